The first-order valence-electron chi connectivity index (χ1n) is 6.47. The molecule has 4 N–H and O–H groups in total. The molecular weight excluding hydrogens is 280 g/mol. The molecule has 4 fully saturated rings. The van der Waals surface area contributed by atoms with Crippen molar-refractivity contribution in [3.05, 3.63) is 34.9 Å². The van der Waals surface area contributed by atoms with Crippen LogP contribution in [0.3, 0.4) is 0 Å². The molecule has 4 heterocycles. The molecule has 0 saturated carbocycles. The standard InChI is InChI=1S/C13H13ClN4O2/c14-7-3-1-6(2-4-7)5-13-9(20)12-15-10(17-13)8(19)11(16-12)18-13/h1-4,10-12,15-18H,5H2. The highest BCUT2D eigenvalue weighted by Gasteiger charge is 2.59. The summed E-state index contributed by atoms with van der Waals surface area (Å²) < 4.78 is 0. The van der Waals surface area contributed by atoms with Crippen LogP contribution in [0, 0.1) is 0 Å². The highest BCUT2D eigenvalue weighted by Crippen LogP contribution is 2.26. The lowest BCUT2D eigenvalue weighted by atomic mass is 9.84. The molecule has 2 unspecified atom stereocenters. The molecule has 0 radical (unpaired) electrons. The number of nitrogens with one attached hydrogen (secondary N) is 4. The van der Waals surface area contributed by atoms with E-state index in [1.54, 1.807) is 12.1 Å². The summed E-state index contributed by atoms with van der Waals surface area (Å²) in [7, 11) is 0. The molecular formula is C13H13ClN4O2. The Balaban J connectivity index is 1.67. The van der Waals surface area contributed by atoms with Gasteiger partial charge in [0.1, 0.15) is 24.2 Å². The predicted octanol–water partition coefficient (Wildman–Crippen LogP) is -0.905. The third-order valence-corrected chi connectivity index (χ3v) is 4.33. The second kappa shape index (κ2) is 4.09. The smallest absolute Gasteiger partial charge is 0.199 e. The van der Waals surface area contributed by atoms with Gasteiger partial charge < -0.3 is 0 Å². The van der Waals surface area contributed by atoms with Crippen molar-refractivity contribution in [3.8, 4) is 0 Å². The van der Waals surface area contributed by atoms with Crippen LogP contribution in [-0.2, 0) is 16.0 Å². The third kappa shape index (κ3) is 1.66. The molecule has 7 heteroatoms. The maximum Gasteiger partial charge on any atom is 0.199 e. The Bertz CT molecular complexity index is 585. The van der Waals surface area contributed by atoms with Crippen molar-refractivity contribution in [1.82, 2.24) is 21.3 Å². The van der Waals surface area contributed by atoms with Gasteiger partial charge in [-0.3, -0.25) is 30.9 Å². The zero-order valence-electron chi connectivity index (χ0n) is 10.4. The molecule has 4 aliphatic heterocycles. The highest BCUT2D eigenvalue weighted by atomic mass is 35.5. The minimum Gasteiger partial charge on any atom is -0.293 e. The van der Waals surface area contributed by atoms with Gasteiger partial charge in [-0.15, -0.1) is 0 Å². The van der Waals surface area contributed by atoms with E-state index in [2.05, 4.69) is 21.3 Å². The zero-order valence-corrected chi connectivity index (χ0v) is 11.2. The quantitative estimate of drug-likeness (QED) is 0.565. The van der Waals surface area contributed by atoms with Gasteiger partial charge >= 0.3 is 0 Å². The fourth-order valence-electron chi connectivity index (χ4n) is 3.11. The molecule has 104 valence electrons. The summed E-state index contributed by atoms with van der Waals surface area (Å²) in [6.07, 6.45) is -0.948. The number of halogens is 1. The fourth-order valence-corrected chi connectivity index (χ4v) is 3.24. The Kier molecular flexibility index (Phi) is 2.55. The van der Waals surface area contributed by atoms with Gasteiger partial charge in [-0.25, -0.2) is 0 Å². The molecule has 0 aromatic heterocycles. The van der Waals surface area contributed by atoms with Gasteiger partial charge in [0.05, 0.1) is 0 Å². The third-order valence-electron chi connectivity index (χ3n) is 4.08. The van der Waals surface area contributed by atoms with Gasteiger partial charge in [0.2, 0.25) is 0 Å². The summed E-state index contributed by atoms with van der Waals surface area (Å²) in [4.78, 5) is 24.4. The predicted molar refractivity (Wildman–Crippen MR) is 71.8 cm³/mol. The zero-order chi connectivity index (χ0) is 13.9. The van der Waals surface area contributed by atoms with Crippen LogP contribution in [0.2, 0.25) is 5.02 Å². The largest absolute Gasteiger partial charge is 0.293 e. The van der Waals surface area contributed by atoms with Crippen molar-refractivity contribution in [3.63, 3.8) is 0 Å². The van der Waals surface area contributed by atoms with Crippen molar-refractivity contribution in [2.24, 2.45) is 0 Å². The summed E-state index contributed by atoms with van der Waals surface area (Å²) in [6.45, 7) is 0. The average Bonchev–Trinajstić information content (AvgIpc) is 2.41. The fraction of sp³-hybridized carbons (Fsp3) is 0.385. The summed E-state index contributed by atoms with van der Waals surface area (Å²) in [5.74, 6) is -0.0343. The maximum absolute atomic E-state index is 12.5. The van der Waals surface area contributed by atoms with E-state index in [4.69, 9.17) is 11.6 Å². The first-order valence-corrected chi connectivity index (χ1v) is 6.85. The molecule has 1 aromatic carbocycles. The van der Waals surface area contributed by atoms with Gasteiger partial charge in [0, 0.05) is 11.4 Å². The minimum atomic E-state index is -0.891. The van der Waals surface area contributed by atoms with E-state index in [1.807, 2.05) is 12.1 Å². The molecule has 2 atom stereocenters. The summed E-state index contributed by atoms with van der Waals surface area (Å²) >= 11 is 5.87. The van der Waals surface area contributed by atoms with E-state index in [1.165, 1.54) is 0 Å². The number of ketones is 2. The number of rotatable bonds is 2. The number of carbonyl (C=O) groups excluding carboxylic acids is 2. The molecule has 5 rings (SSSR count). The number of hydrogen-bond donors (Lipinski definition) is 4. The Morgan fingerprint density at radius 1 is 1.00 bits per heavy atom. The molecule has 6 nitrogen and oxygen atoms in total. The summed E-state index contributed by atoms with van der Waals surface area (Å²) in [6, 6.07) is 7.37. The number of Topliss-reactive ketones (excluding diaryl/α,β-unsaturated/α-hetero) is 2. The first kappa shape index (κ1) is 12.4. The van der Waals surface area contributed by atoms with Gasteiger partial charge in [0.25, 0.3) is 0 Å². The van der Waals surface area contributed by atoms with E-state index in [0.717, 1.165) is 5.56 Å². The monoisotopic (exact) mass is 292 g/mol. The maximum atomic E-state index is 12.5. The molecule has 4 bridgehead atoms. The summed E-state index contributed by atoms with van der Waals surface area (Å²) in [5.41, 5.74) is 0.0928. The van der Waals surface area contributed by atoms with E-state index in [-0.39, 0.29) is 11.6 Å². The number of benzene rings is 1. The van der Waals surface area contributed by atoms with Gasteiger partial charge in [-0.2, -0.15) is 0 Å². The van der Waals surface area contributed by atoms with Crippen molar-refractivity contribution >= 4 is 23.2 Å². The highest BCUT2D eigenvalue weighted by molar-refractivity contribution is 6.30. The van der Waals surface area contributed by atoms with Crippen LogP contribution in [0.15, 0.2) is 24.3 Å². The van der Waals surface area contributed by atoms with Crippen LogP contribution >= 0.6 is 11.6 Å². The lowest BCUT2D eigenvalue weighted by Crippen LogP contribution is -2.93. The van der Waals surface area contributed by atoms with Crippen LogP contribution in [0.25, 0.3) is 0 Å². The molecule has 0 amide bonds. The first-order chi connectivity index (χ1) is 9.57. The van der Waals surface area contributed by atoms with Gasteiger partial charge in [0.15, 0.2) is 11.6 Å². The SMILES string of the molecule is O=C1C2NC3NC1NC(Cc1ccc(Cl)cc1)(N2)C3=O. The molecule has 4 saturated heterocycles. The second-order valence-corrected chi connectivity index (χ2v) is 5.83. The number of hydrogen-bond acceptors (Lipinski definition) is 6. The molecule has 20 heavy (non-hydrogen) atoms. The van der Waals surface area contributed by atoms with Crippen LogP contribution in [-0.4, -0.2) is 35.7 Å². The van der Waals surface area contributed by atoms with E-state index in [9.17, 15) is 9.59 Å². The topological polar surface area (TPSA) is 82.3 Å². The molecule has 1 aromatic rings. The molecule has 4 aliphatic rings. The van der Waals surface area contributed by atoms with Crippen molar-refractivity contribution in [2.75, 3.05) is 0 Å². The molecule has 0 spiro atoms. The van der Waals surface area contributed by atoms with Gasteiger partial charge in [-0.1, -0.05) is 23.7 Å². The van der Waals surface area contributed by atoms with E-state index < -0.39 is 24.2 Å². The minimum absolute atomic E-state index is 0.0134. The molecule has 0 aliphatic carbocycles. The Labute approximate surface area is 120 Å². The van der Waals surface area contributed by atoms with E-state index in [0.29, 0.717) is 11.4 Å². The van der Waals surface area contributed by atoms with Crippen LogP contribution in [0.4, 0.5) is 0 Å². The van der Waals surface area contributed by atoms with E-state index >= 15 is 0 Å². The second-order valence-electron chi connectivity index (χ2n) is 5.40. The lowest BCUT2D eigenvalue weighted by Gasteiger charge is -2.56. The normalized spacial score (nSPS) is 38.5. The van der Waals surface area contributed by atoms with Crippen molar-refractivity contribution < 1.29 is 9.59 Å². The van der Waals surface area contributed by atoms with Crippen molar-refractivity contribution in [2.45, 2.75) is 30.6 Å². The number of carbonyl (C=O) groups is 2. The Morgan fingerprint density at radius 3 is 2.20 bits per heavy atom. The Hall–Kier alpha value is -1.31. The average molecular weight is 293 g/mol. The van der Waals surface area contributed by atoms with Crippen LogP contribution in [0.1, 0.15) is 5.56 Å². The lowest BCUT2D eigenvalue weighted by molar-refractivity contribution is -0.154. The van der Waals surface area contributed by atoms with Gasteiger partial charge in [-0.05, 0) is 17.7 Å². The van der Waals surface area contributed by atoms with Crippen LogP contribution in [0.5, 0.6) is 0 Å². The Morgan fingerprint density at radius 2 is 1.60 bits per heavy atom. The van der Waals surface area contributed by atoms with Crippen molar-refractivity contribution in [1.29, 1.82) is 0 Å². The van der Waals surface area contributed by atoms with Crippen LogP contribution < -0.4 is 21.3 Å². The summed E-state index contributed by atoms with van der Waals surface area (Å²) in [5, 5.41) is 12.7.